The number of thioether (sulfide) groups is 1. The Labute approximate surface area is 137 Å². The zero-order chi connectivity index (χ0) is 15.4. The maximum absolute atomic E-state index is 12.2. The van der Waals surface area contributed by atoms with E-state index in [0.717, 1.165) is 32.0 Å². The lowest BCUT2D eigenvalue weighted by atomic mass is 9.96. The summed E-state index contributed by atoms with van der Waals surface area (Å²) >= 11 is 2.05. The summed E-state index contributed by atoms with van der Waals surface area (Å²) in [5.74, 6) is 3.02. The molecule has 22 heavy (non-hydrogen) atoms. The van der Waals surface area contributed by atoms with Crippen molar-refractivity contribution in [1.29, 1.82) is 0 Å². The third-order valence-electron chi connectivity index (χ3n) is 4.69. The van der Waals surface area contributed by atoms with Gasteiger partial charge in [0.25, 0.3) is 0 Å². The van der Waals surface area contributed by atoms with Crippen LogP contribution in [-0.2, 0) is 10.0 Å². The SMILES string of the molecule is O=S(=O)(NCC1CCN(C2CCSC2)CC1)c1ccccc1. The van der Waals surface area contributed by atoms with Crippen molar-refractivity contribution in [1.82, 2.24) is 9.62 Å². The first-order chi connectivity index (χ1) is 10.6. The van der Waals surface area contributed by atoms with Crippen LogP contribution in [0.15, 0.2) is 35.2 Å². The highest BCUT2D eigenvalue weighted by Crippen LogP contribution is 2.26. The van der Waals surface area contributed by atoms with Gasteiger partial charge in [-0.25, -0.2) is 13.1 Å². The largest absolute Gasteiger partial charge is 0.300 e. The molecule has 0 aromatic heterocycles. The first kappa shape index (κ1) is 16.3. The summed E-state index contributed by atoms with van der Waals surface area (Å²) < 4.78 is 27.2. The van der Waals surface area contributed by atoms with Crippen LogP contribution in [0.25, 0.3) is 0 Å². The van der Waals surface area contributed by atoms with E-state index in [2.05, 4.69) is 21.4 Å². The number of piperidine rings is 1. The number of hydrogen-bond donors (Lipinski definition) is 1. The molecule has 6 heteroatoms. The van der Waals surface area contributed by atoms with Gasteiger partial charge in [-0.2, -0.15) is 11.8 Å². The maximum atomic E-state index is 12.2. The molecule has 122 valence electrons. The molecule has 1 aromatic carbocycles. The molecule has 2 aliphatic heterocycles. The van der Waals surface area contributed by atoms with Crippen LogP contribution in [0.2, 0.25) is 0 Å². The van der Waals surface area contributed by atoms with E-state index < -0.39 is 10.0 Å². The lowest BCUT2D eigenvalue weighted by Gasteiger charge is -2.35. The second-order valence-corrected chi connectivity index (χ2v) is 9.08. The molecule has 0 aliphatic carbocycles. The maximum Gasteiger partial charge on any atom is 0.240 e. The quantitative estimate of drug-likeness (QED) is 0.893. The van der Waals surface area contributed by atoms with Crippen LogP contribution in [0.3, 0.4) is 0 Å². The van der Waals surface area contributed by atoms with Crippen molar-refractivity contribution < 1.29 is 8.42 Å². The van der Waals surface area contributed by atoms with Crippen molar-refractivity contribution >= 4 is 21.8 Å². The fourth-order valence-electron chi connectivity index (χ4n) is 3.24. The standard InChI is InChI=1S/C16H24N2O2S2/c19-22(20,16-4-2-1-3-5-16)17-12-14-6-9-18(10-7-14)15-8-11-21-13-15/h1-5,14-15,17H,6-13H2. The Kier molecular flexibility index (Phi) is 5.44. The molecule has 0 amide bonds. The van der Waals surface area contributed by atoms with Crippen molar-refractivity contribution in [2.75, 3.05) is 31.1 Å². The summed E-state index contributed by atoms with van der Waals surface area (Å²) in [7, 11) is -3.36. The minimum atomic E-state index is -3.36. The summed E-state index contributed by atoms with van der Waals surface area (Å²) in [6.45, 7) is 2.79. The van der Waals surface area contributed by atoms with E-state index in [9.17, 15) is 8.42 Å². The number of sulfonamides is 1. The van der Waals surface area contributed by atoms with Gasteiger partial charge in [-0.15, -0.1) is 0 Å². The molecule has 1 unspecified atom stereocenters. The number of rotatable bonds is 5. The molecule has 3 rings (SSSR count). The first-order valence-electron chi connectivity index (χ1n) is 8.02. The van der Waals surface area contributed by atoms with E-state index >= 15 is 0 Å². The minimum absolute atomic E-state index is 0.357. The lowest BCUT2D eigenvalue weighted by molar-refractivity contribution is 0.145. The first-order valence-corrected chi connectivity index (χ1v) is 10.7. The van der Waals surface area contributed by atoms with Crippen LogP contribution in [0, 0.1) is 5.92 Å². The average Bonchev–Trinajstić information content (AvgIpc) is 3.09. The predicted molar refractivity (Wildman–Crippen MR) is 91.7 cm³/mol. The van der Waals surface area contributed by atoms with E-state index in [1.807, 2.05) is 6.07 Å². The highest BCUT2D eigenvalue weighted by Gasteiger charge is 2.28. The molecule has 2 fully saturated rings. The Morgan fingerprint density at radius 1 is 1.14 bits per heavy atom. The molecule has 1 N–H and O–H groups in total. The summed E-state index contributed by atoms with van der Waals surface area (Å²) in [6, 6.07) is 9.38. The van der Waals surface area contributed by atoms with E-state index in [1.165, 1.54) is 17.9 Å². The van der Waals surface area contributed by atoms with Crippen molar-refractivity contribution in [2.24, 2.45) is 5.92 Å². The molecule has 1 atom stereocenters. The molecule has 0 saturated carbocycles. The van der Waals surface area contributed by atoms with Gasteiger partial charge in [0.05, 0.1) is 4.90 Å². The van der Waals surface area contributed by atoms with Crippen LogP contribution >= 0.6 is 11.8 Å². The molecule has 0 radical (unpaired) electrons. The van der Waals surface area contributed by atoms with Crippen molar-refractivity contribution in [3.8, 4) is 0 Å². The van der Waals surface area contributed by atoms with Gasteiger partial charge in [0.1, 0.15) is 0 Å². The van der Waals surface area contributed by atoms with Crippen LogP contribution in [0.1, 0.15) is 19.3 Å². The van der Waals surface area contributed by atoms with Crippen LogP contribution in [0.5, 0.6) is 0 Å². The summed E-state index contributed by atoms with van der Waals surface area (Å²) in [6.07, 6.45) is 3.51. The highest BCUT2D eigenvalue weighted by atomic mass is 32.2. The summed E-state index contributed by atoms with van der Waals surface area (Å²) in [4.78, 5) is 2.96. The van der Waals surface area contributed by atoms with Crippen LogP contribution in [-0.4, -0.2) is 50.5 Å². The molecular weight excluding hydrogens is 316 g/mol. The lowest BCUT2D eigenvalue weighted by Crippen LogP contribution is -2.43. The van der Waals surface area contributed by atoms with Gasteiger partial charge in [0.2, 0.25) is 10.0 Å². The molecular formula is C16H24N2O2S2. The number of likely N-dealkylation sites (tertiary alicyclic amines) is 1. The second kappa shape index (κ2) is 7.34. The van der Waals surface area contributed by atoms with E-state index in [4.69, 9.17) is 0 Å². The van der Waals surface area contributed by atoms with Crippen LogP contribution < -0.4 is 4.72 Å². The van der Waals surface area contributed by atoms with Crippen molar-refractivity contribution in [2.45, 2.75) is 30.2 Å². The van der Waals surface area contributed by atoms with Gasteiger partial charge < -0.3 is 0 Å². The van der Waals surface area contributed by atoms with Crippen LogP contribution in [0.4, 0.5) is 0 Å². The number of nitrogens with zero attached hydrogens (tertiary/aromatic N) is 1. The molecule has 1 aromatic rings. The zero-order valence-corrected chi connectivity index (χ0v) is 14.4. The summed E-state index contributed by atoms with van der Waals surface area (Å²) in [5, 5.41) is 0. The zero-order valence-electron chi connectivity index (χ0n) is 12.8. The molecule has 0 spiro atoms. The van der Waals surface area contributed by atoms with Crippen molar-refractivity contribution in [3.05, 3.63) is 30.3 Å². The van der Waals surface area contributed by atoms with Gasteiger partial charge in [0.15, 0.2) is 0 Å². The minimum Gasteiger partial charge on any atom is -0.300 e. The molecule has 2 aliphatic rings. The van der Waals surface area contributed by atoms with Gasteiger partial charge in [-0.05, 0) is 56.2 Å². The van der Waals surface area contributed by atoms with Crippen molar-refractivity contribution in [3.63, 3.8) is 0 Å². The second-order valence-electron chi connectivity index (χ2n) is 6.16. The van der Waals surface area contributed by atoms with Gasteiger partial charge >= 0.3 is 0 Å². The molecule has 2 saturated heterocycles. The normalized spacial score (nSPS) is 24.6. The number of benzene rings is 1. The highest BCUT2D eigenvalue weighted by molar-refractivity contribution is 7.99. The fourth-order valence-corrected chi connectivity index (χ4v) is 5.64. The third-order valence-corrected chi connectivity index (χ3v) is 7.27. The number of nitrogens with one attached hydrogen (secondary N) is 1. The Bertz CT molecular complexity index is 563. The molecule has 4 nitrogen and oxygen atoms in total. The Balaban J connectivity index is 1.47. The van der Waals surface area contributed by atoms with Gasteiger partial charge in [0, 0.05) is 18.3 Å². The molecule has 0 bridgehead atoms. The van der Waals surface area contributed by atoms with Gasteiger partial charge in [-0.3, -0.25) is 4.90 Å². The Hall–Kier alpha value is -0.560. The van der Waals surface area contributed by atoms with E-state index in [-0.39, 0.29) is 0 Å². The smallest absolute Gasteiger partial charge is 0.240 e. The predicted octanol–water partition coefficient (Wildman–Crippen LogP) is 2.18. The fraction of sp³-hybridized carbons (Fsp3) is 0.625. The summed E-state index contributed by atoms with van der Waals surface area (Å²) in [5.41, 5.74) is 0. The van der Waals surface area contributed by atoms with E-state index in [0.29, 0.717) is 17.4 Å². The third kappa shape index (κ3) is 4.04. The van der Waals surface area contributed by atoms with Gasteiger partial charge in [-0.1, -0.05) is 18.2 Å². The monoisotopic (exact) mass is 340 g/mol. The number of hydrogen-bond acceptors (Lipinski definition) is 4. The topological polar surface area (TPSA) is 49.4 Å². The Morgan fingerprint density at radius 3 is 2.50 bits per heavy atom. The van der Waals surface area contributed by atoms with E-state index in [1.54, 1.807) is 24.3 Å². The average molecular weight is 341 g/mol. The molecule has 2 heterocycles. The Morgan fingerprint density at radius 2 is 1.86 bits per heavy atom.